The minimum Gasteiger partial charge on any atom is -0.396 e. The van der Waals surface area contributed by atoms with Crippen molar-refractivity contribution in [3.05, 3.63) is 71.8 Å². The molecule has 2 aliphatic rings. The van der Waals surface area contributed by atoms with Gasteiger partial charge in [-0.1, -0.05) is 60.7 Å². The highest BCUT2D eigenvalue weighted by molar-refractivity contribution is 5.32. The molecule has 2 aromatic rings. The number of ether oxygens (including phenoxy) is 2. The molecule has 2 aromatic carbocycles. The van der Waals surface area contributed by atoms with Crippen LogP contribution >= 0.6 is 0 Å². The van der Waals surface area contributed by atoms with Gasteiger partial charge in [-0.05, 0) is 23.0 Å². The van der Waals surface area contributed by atoms with E-state index in [0.717, 1.165) is 11.1 Å². The normalized spacial score (nSPS) is 26.8. The zero-order valence-corrected chi connectivity index (χ0v) is 14.9. The van der Waals surface area contributed by atoms with Gasteiger partial charge in [-0.3, -0.25) is 0 Å². The van der Waals surface area contributed by atoms with Crippen LogP contribution in [0.1, 0.15) is 35.8 Å². The molecule has 4 rings (SSSR count). The van der Waals surface area contributed by atoms with Crippen LogP contribution in [0.15, 0.2) is 60.7 Å². The standard InChI is InChI=1S/C22H26O4/c23-15-21(16-24)19(17-7-3-1-4-8-17)13-22(25-11-12-26-22)14-20(21)18-9-5-2-6-10-18/h1-10,19-20,23-24H,11-16H2/t19-,20+. The summed E-state index contributed by atoms with van der Waals surface area (Å²) in [5.41, 5.74) is 1.55. The first-order valence-corrected chi connectivity index (χ1v) is 9.32. The Kier molecular flexibility index (Phi) is 4.84. The summed E-state index contributed by atoms with van der Waals surface area (Å²) in [5.74, 6) is -0.763. The van der Waals surface area contributed by atoms with E-state index in [4.69, 9.17) is 9.47 Å². The Hall–Kier alpha value is -1.72. The van der Waals surface area contributed by atoms with Gasteiger partial charge in [0, 0.05) is 18.3 Å². The molecule has 1 saturated heterocycles. The summed E-state index contributed by atoms with van der Waals surface area (Å²) in [6, 6.07) is 20.3. The highest BCUT2D eigenvalue weighted by atomic mass is 16.7. The predicted molar refractivity (Wildman–Crippen MR) is 98.8 cm³/mol. The minimum absolute atomic E-state index is 0.0595. The number of aliphatic hydroxyl groups is 2. The van der Waals surface area contributed by atoms with Gasteiger partial charge in [0.2, 0.25) is 0 Å². The number of hydrogen-bond donors (Lipinski definition) is 2. The van der Waals surface area contributed by atoms with Gasteiger partial charge in [0.15, 0.2) is 5.79 Å². The molecule has 1 heterocycles. The summed E-state index contributed by atoms with van der Waals surface area (Å²) >= 11 is 0. The fourth-order valence-electron chi connectivity index (χ4n) is 4.85. The lowest BCUT2D eigenvalue weighted by molar-refractivity contribution is -0.212. The first kappa shape index (κ1) is 17.7. The first-order valence-electron chi connectivity index (χ1n) is 9.32. The van der Waals surface area contributed by atoms with Crippen molar-refractivity contribution in [2.24, 2.45) is 5.41 Å². The molecule has 1 saturated carbocycles. The monoisotopic (exact) mass is 354 g/mol. The van der Waals surface area contributed by atoms with E-state index < -0.39 is 11.2 Å². The van der Waals surface area contributed by atoms with Gasteiger partial charge in [0.25, 0.3) is 0 Å². The minimum atomic E-state index is -0.663. The fraction of sp³-hybridized carbons (Fsp3) is 0.455. The van der Waals surface area contributed by atoms with Crippen molar-refractivity contribution in [1.82, 2.24) is 0 Å². The second kappa shape index (κ2) is 7.12. The quantitative estimate of drug-likeness (QED) is 0.886. The molecule has 2 N–H and O–H groups in total. The van der Waals surface area contributed by atoms with Crippen molar-refractivity contribution < 1.29 is 19.7 Å². The second-order valence-corrected chi connectivity index (χ2v) is 7.49. The Bertz CT molecular complexity index is 652. The number of hydrogen-bond acceptors (Lipinski definition) is 4. The average molecular weight is 354 g/mol. The zero-order valence-electron chi connectivity index (χ0n) is 14.9. The summed E-state index contributed by atoms with van der Waals surface area (Å²) in [5, 5.41) is 21.0. The maximum atomic E-state index is 10.5. The van der Waals surface area contributed by atoms with Crippen molar-refractivity contribution in [3.63, 3.8) is 0 Å². The molecule has 1 aliphatic carbocycles. The van der Waals surface area contributed by atoms with E-state index in [1.807, 2.05) is 36.4 Å². The van der Waals surface area contributed by atoms with Gasteiger partial charge >= 0.3 is 0 Å². The van der Waals surface area contributed by atoms with E-state index in [1.54, 1.807) is 0 Å². The Morgan fingerprint density at radius 3 is 1.54 bits per heavy atom. The van der Waals surface area contributed by atoms with Crippen molar-refractivity contribution >= 4 is 0 Å². The number of benzene rings is 2. The van der Waals surface area contributed by atoms with Crippen LogP contribution in [0.3, 0.4) is 0 Å². The molecular weight excluding hydrogens is 328 g/mol. The predicted octanol–water partition coefficient (Wildman–Crippen LogP) is 3.06. The molecule has 2 fully saturated rings. The first-order chi connectivity index (χ1) is 12.7. The molecular formula is C22H26O4. The van der Waals surface area contributed by atoms with Crippen LogP contribution < -0.4 is 0 Å². The molecule has 4 heteroatoms. The van der Waals surface area contributed by atoms with E-state index in [1.165, 1.54) is 0 Å². The summed E-state index contributed by atoms with van der Waals surface area (Å²) in [6.45, 7) is 1.01. The van der Waals surface area contributed by atoms with Crippen LogP contribution in [0, 0.1) is 5.41 Å². The highest BCUT2D eigenvalue weighted by Gasteiger charge is 2.57. The molecule has 0 unspecified atom stereocenters. The molecule has 0 aromatic heterocycles. The fourth-order valence-corrected chi connectivity index (χ4v) is 4.85. The van der Waals surface area contributed by atoms with Gasteiger partial charge in [0.05, 0.1) is 26.4 Å². The third-order valence-electron chi connectivity index (χ3n) is 6.22. The Morgan fingerprint density at radius 2 is 1.15 bits per heavy atom. The SMILES string of the molecule is OCC1(CO)[C@@H](c2ccccc2)CC2(C[C@H]1c1ccccc1)OCCO2. The van der Waals surface area contributed by atoms with Crippen LogP contribution in [0.4, 0.5) is 0 Å². The zero-order chi connectivity index (χ0) is 18.0. The van der Waals surface area contributed by atoms with Gasteiger partial charge in [-0.15, -0.1) is 0 Å². The van der Waals surface area contributed by atoms with Crippen LogP contribution in [0.25, 0.3) is 0 Å². The lowest BCUT2D eigenvalue weighted by Gasteiger charge is -2.53. The van der Waals surface area contributed by atoms with Crippen LogP contribution in [-0.4, -0.2) is 42.4 Å². The molecule has 4 nitrogen and oxygen atoms in total. The van der Waals surface area contributed by atoms with Gasteiger partial charge in [0.1, 0.15) is 0 Å². The molecule has 138 valence electrons. The topological polar surface area (TPSA) is 58.9 Å². The maximum absolute atomic E-state index is 10.5. The lowest BCUT2D eigenvalue weighted by atomic mass is 9.55. The smallest absolute Gasteiger partial charge is 0.169 e. The van der Waals surface area contributed by atoms with E-state index >= 15 is 0 Å². The molecule has 0 bridgehead atoms. The van der Waals surface area contributed by atoms with E-state index in [-0.39, 0.29) is 25.0 Å². The molecule has 2 atom stereocenters. The van der Waals surface area contributed by atoms with Crippen LogP contribution in [-0.2, 0) is 9.47 Å². The average Bonchev–Trinajstić information content (AvgIpc) is 3.17. The van der Waals surface area contributed by atoms with Gasteiger partial charge in [-0.2, -0.15) is 0 Å². The van der Waals surface area contributed by atoms with Crippen LogP contribution in [0.5, 0.6) is 0 Å². The second-order valence-electron chi connectivity index (χ2n) is 7.49. The number of aliphatic hydroxyl groups excluding tert-OH is 2. The third kappa shape index (κ3) is 2.87. The van der Waals surface area contributed by atoms with Crippen molar-refractivity contribution in [3.8, 4) is 0 Å². The third-order valence-corrected chi connectivity index (χ3v) is 6.22. The van der Waals surface area contributed by atoms with Crippen LogP contribution in [0.2, 0.25) is 0 Å². The molecule has 0 radical (unpaired) electrons. The molecule has 26 heavy (non-hydrogen) atoms. The lowest BCUT2D eigenvalue weighted by Crippen LogP contribution is -2.53. The van der Waals surface area contributed by atoms with Gasteiger partial charge in [-0.25, -0.2) is 0 Å². The van der Waals surface area contributed by atoms with E-state index in [9.17, 15) is 10.2 Å². The Morgan fingerprint density at radius 1 is 0.731 bits per heavy atom. The largest absolute Gasteiger partial charge is 0.396 e. The number of rotatable bonds is 4. The molecule has 0 amide bonds. The Balaban J connectivity index is 1.84. The summed E-state index contributed by atoms with van der Waals surface area (Å²) in [4.78, 5) is 0. The molecule has 1 aliphatic heterocycles. The summed E-state index contributed by atoms with van der Waals surface area (Å²) < 4.78 is 12.2. The molecule has 1 spiro atoms. The van der Waals surface area contributed by atoms with Gasteiger partial charge < -0.3 is 19.7 Å². The van der Waals surface area contributed by atoms with Crippen molar-refractivity contribution in [2.45, 2.75) is 30.5 Å². The van der Waals surface area contributed by atoms with Crippen molar-refractivity contribution in [2.75, 3.05) is 26.4 Å². The maximum Gasteiger partial charge on any atom is 0.169 e. The van der Waals surface area contributed by atoms with E-state index in [2.05, 4.69) is 24.3 Å². The van der Waals surface area contributed by atoms with E-state index in [0.29, 0.717) is 26.1 Å². The summed E-state index contributed by atoms with van der Waals surface area (Å²) in [6.07, 6.45) is 1.28. The highest BCUT2D eigenvalue weighted by Crippen LogP contribution is 2.59. The Labute approximate surface area is 154 Å². The van der Waals surface area contributed by atoms with Crippen molar-refractivity contribution in [1.29, 1.82) is 0 Å². The summed E-state index contributed by atoms with van der Waals surface area (Å²) in [7, 11) is 0.